The standard InChI is InChI=1S/C25H29N3O4S/c1-17(24(29)28-13-11-19(12-14-28)15-18-7-5-4-6-8-18)33-25-27-26-23(32-25)21-10-9-20(30-2)16-22(21)31-3/h4-10,16-17,19H,11-15H2,1-3H3. The SMILES string of the molecule is COc1ccc(-c2nnc(SC(C)C(=O)N3CCC(Cc4ccccc4)CC3)o2)c(OC)c1. The topological polar surface area (TPSA) is 77.7 Å². The Hall–Kier alpha value is -3.00. The van der Waals surface area contributed by atoms with E-state index in [1.807, 2.05) is 30.0 Å². The van der Waals surface area contributed by atoms with E-state index in [9.17, 15) is 4.79 Å². The molecule has 8 heteroatoms. The molecule has 1 atom stereocenters. The van der Waals surface area contributed by atoms with E-state index < -0.39 is 0 Å². The maximum atomic E-state index is 13.0. The van der Waals surface area contributed by atoms with Crippen molar-refractivity contribution in [1.82, 2.24) is 15.1 Å². The molecular weight excluding hydrogens is 438 g/mol. The molecule has 1 saturated heterocycles. The smallest absolute Gasteiger partial charge is 0.277 e. The Kier molecular flexibility index (Phi) is 7.54. The number of piperidine rings is 1. The number of carbonyl (C=O) groups is 1. The molecule has 0 saturated carbocycles. The van der Waals surface area contributed by atoms with Crippen LogP contribution in [0.3, 0.4) is 0 Å². The summed E-state index contributed by atoms with van der Waals surface area (Å²) >= 11 is 1.29. The van der Waals surface area contributed by atoms with Crippen LogP contribution < -0.4 is 9.47 Å². The molecule has 7 nitrogen and oxygen atoms in total. The largest absolute Gasteiger partial charge is 0.497 e. The number of aromatic nitrogens is 2. The summed E-state index contributed by atoms with van der Waals surface area (Å²) in [6.45, 7) is 3.47. The summed E-state index contributed by atoms with van der Waals surface area (Å²) in [5.74, 6) is 2.34. The zero-order valence-electron chi connectivity index (χ0n) is 19.2. The van der Waals surface area contributed by atoms with Crippen LogP contribution in [0.1, 0.15) is 25.3 Å². The van der Waals surface area contributed by atoms with Crippen LogP contribution in [-0.2, 0) is 11.2 Å². The maximum absolute atomic E-state index is 13.0. The molecule has 2 aromatic carbocycles. The molecule has 1 aliphatic heterocycles. The lowest BCUT2D eigenvalue weighted by Gasteiger charge is -2.33. The van der Waals surface area contributed by atoms with Crippen LogP contribution in [0, 0.1) is 5.92 Å². The lowest BCUT2D eigenvalue weighted by atomic mass is 9.90. The minimum atomic E-state index is -0.304. The second-order valence-corrected chi connectivity index (χ2v) is 9.45. The van der Waals surface area contributed by atoms with Crippen molar-refractivity contribution in [2.75, 3.05) is 27.3 Å². The van der Waals surface area contributed by atoms with Gasteiger partial charge in [-0.25, -0.2) is 0 Å². The molecule has 1 fully saturated rings. The molecule has 2 heterocycles. The molecule has 0 spiro atoms. The van der Waals surface area contributed by atoms with Crippen molar-refractivity contribution in [2.24, 2.45) is 5.92 Å². The molecule has 0 aliphatic carbocycles. The second kappa shape index (κ2) is 10.7. The summed E-state index contributed by atoms with van der Waals surface area (Å²) in [7, 11) is 3.17. The molecule has 0 radical (unpaired) electrons. The first kappa shape index (κ1) is 23.2. The molecule has 33 heavy (non-hydrogen) atoms. The predicted molar refractivity (Wildman–Crippen MR) is 128 cm³/mol. The van der Waals surface area contributed by atoms with Gasteiger partial charge in [0.1, 0.15) is 11.5 Å². The van der Waals surface area contributed by atoms with Crippen LogP contribution in [0.2, 0.25) is 0 Å². The fraction of sp³-hybridized carbons (Fsp3) is 0.400. The summed E-state index contributed by atoms with van der Waals surface area (Å²) in [4.78, 5) is 15.0. The number of hydrogen-bond acceptors (Lipinski definition) is 7. The Morgan fingerprint density at radius 2 is 1.88 bits per heavy atom. The van der Waals surface area contributed by atoms with E-state index in [1.165, 1.54) is 17.3 Å². The third-order valence-corrected chi connectivity index (χ3v) is 6.89. The number of rotatable bonds is 8. The Labute approximate surface area is 198 Å². The van der Waals surface area contributed by atoms with Crippen molar-refractivity contribution < 1.29 is 18.7 Å². The average molecular weight is 468 g/mol. The number of ether oxygens (including phenoxy) is 2. The Morgan fingerprint density at radius 3 is 2.58 bits per heavy atom. The molecule has 3 aromatic rings. The summed E-state index contributed by atoms with van der Waals surface area (Å²) < 4.78 is 16.5. The molecular formula is C25H29N3O4S. The summed E-state index contributed by atoms with van der Waals surface area (Å²) in [6.07, 6.45) is 3.13. The lowest BCUT2D eigenvalue weighted by molar-refractivity contribution is -0.131. The third-order valence-electron chi connectivity index (χ3n) is 5.96. The van der Waals surface area contributed by atoms with Gasteiger partial charge in [-0.15, -0.1) is 10.2 Å². The molecule has 4 rings (SSSR count). The van der Waals surface area contributed by atoms with E-state index in [4.69, 9.17) is 13.9 Å². The van der Waals surface area contributed by atoms with Crippen LogP contribution in [0.4, 0.5) is 0 Å². The number of thioether (sulfide) groups is 1. The third kappa shape index (κ3) is 5.68. The molecule has 1 aromatic heterocycles. The number of nitrogens with zero attached hydrogens (tertiary/aromatic N) is 3. The Balaban J connectivity index is 1.32. The predicted octanol–water partition coefficient (Wildman–Crippen LogP) is 4.72. The van der Waals surface area contributed by atoms with Crippen LogP contribution in [0.5, 0.6) is 11.5 Å². The average Bonchev–Trinajstić information content (AvgIpc) is 3.32. The number of likely N-dealkylation sites (tertiary alicyclic amines) is 1. The van der Waals surface area contributed by atoms with Crippen LogP contribution in [0.15, 0.2) is 58.2 Å². The quantitative estimate of drug-likeness (QED) is 0.444. The van der Waals surface area contributed by atoms with Crippen molar-refractivity contribution >= 4 is 17.7 Å². The Morgan fingerprint density at radius 1 is 1.12 bits per heavy atom. The highest BCUT2D eigenvalue weighted by Crippen LogP contribution is 2.34. The minimum Gasteiger partial charge on any atom is -0.497 e. The molecule has 1 aliphatic rings. The van der Waals surface area contributed by atoms with Gasteiger partial charge < -0.3 is 18.8 Å². The van der Waals surface area contributed by atoms with Gasteiger partial charge in [-0.1, -0.05) is 42.1 Å². The van der Waals surface area contributed by atoms with E-state index in [0.29, 0.717) is 34.1 Å². The molecule has 174 valence electrons. The van der Waals surface area contributed by atoms with Crippen LogP contribution >= 0.6 is 11.8 Å². The van der Waals surface area contributed by atoms with Gasteiger partial charge >= 0.3 is 0 Å². The van der Waals surface area contributed by atoms with E-state index >= 15 is 0 Å². The van der Waals surface area contributed by atoms with Crippen molar-refractivity contribution in [2.45, 2.75) is 36.7 Å². The minimum absolute atomic E-state index is 0.111. The fourth-order valence-electron chi connectivity index (χ4n) is 4.11. The van der Waals surface area contributed by atoms with Crippen molar-refractivity contribution in [3.63, 3.8) is 0 Å². The normalized spacial score (nSPS) is 15.3. The first-order valence-electron chi connectivity index (χ1n) is 11.1. The molecule has 0 N–H and O–H groups in total. The molecule has 1 unspecified atom stereocenters. The summed E-state index contributed by atoms with van der Waals surface area (Å²) in [5.41, 5.74) is 2.05. The summed E-state index contributed by atoms with van der Waals surface area (Å²) in [6, 6.07) is 16.0. The van der Waals surface area contributed by atoms with Gasteiger partial charge in [0.05, 0.1) is 25.0 Å². The van der Waals surface area contributed by atoms with Gasteiger partial charge in [0.25, 0.3) is 11.1 Å². The maximum Gasteiger partial charge on any atom is 0.277 e. The Bertz CT molecular complexity index is 1060. The number of benzene rings is 2. The second-order valence-electron chi connectivity index (χ2n) is 8.16. The van der Waals surface area contributed by atoms with Crippen LogP contribution in [-0.4, -0.2) is 53.6 Å². The number of methoxy groups -OCH3 is 2. The van der Waals surface area contributed by atoms with E-state index in [1.54, 1.807) is 20.3 Å². The molecule has 1 amide bonds. The number of hydrogen-bond donors (Lipinski definition) is 0. The molecule has 0 bridgehead atoms. The zero-order chi connectivity index (χ0) is 23.2. The van der Waals surface area contributed by atoms with Crippen molar-refractivity contribution in [3.05, 3.63) is 54.1 Å². The fourth-order valence-corrected chi connectivity index (χ4v) is 4.87. The number of carbonyl (C=O) groups excluding carboxylic acids is 1. The first-order chi connectivity index (χ1) is 16.1. The highest BCUT2D eigenvalue weighted by Gasteiger charge is 2.28. The van der Waals surface area contributed by atoms with Gasteiger partial charge in [-0.3, -0.25) is 4.79 Å². The first-order valence-corrected chi connectivity index (χ1v) is 12.0. The van der Waals surface area contributed by atoms with E-state index in [2.05, 4.69) is 34.5 Å². The zero-order valence-corrected chi connectivity index (χ0v) is 20.0. The van der Waals surface area contributed by atoms with Gasteiger partial charge in [0, 0.05) is 19.2 Å². The lowest BCUT2D eigenvalue weighted by Crippen LogP contribution is -2.42. The highest BCUT2D eigenvalue weighted by molar-refractivity contribution is 8.00. The van der Waals surface area contributed by atoms with Gasteiger partial charge in [-0.2, -0.15) is 0 Å². The number of amides is 1. The monoisotopic (exact) mass is 467 g/mol. The highest BCUT2D eigenvalue weighted by atomic mass is 32.2. The van der Waals surface area contributed by atoms with Gasteiger partial charge in [-0.05, 0) is 49.8 Å². The van der Waals surface area contributed by atoms with Crippen LogP contribution in [0.25, 0.3) is 11.5 Å². The van der Waals surface area contributed by atoms with Crippen molar-refractivity contribution in [1.29, 1.82) is 0 Å². The summed E-state index contributed by atoms with van der Waals surface area (Å²) in [5, 5.41) is 8.33. The van der Waals surface area contributed by atoms with Crippen molar-refractivity contribution in [3.8, 4) is 23.0 Å². The van der Waals surface area contributed by atoms with E-state index in [-0.39, 0.29) is 11.2 Å². The van der Waals surface area contributed by atoms with E-state index in [0.717, 1.165) is 32.4 Å². The van der Waals surface area contributed by atoms with Gasteiger partial charge in [0.2, 0.25) is 5.91 Å². The van der Waals surface area contributed by atoms with Gasteiger partial charge in [0.15, 0.2) is 0 Å².